The third-order valence-corrected chi connectivity index (χ3v) is 4.97. The number of benzene rings is 1. The van der Waals surface area contributed by atoms with Crippen LogP contribution < -0.4 is 5.32 Å². The first-order valence-corrected chi connectivity index (χ1v) is 8.98. The van der Waals surface area contributed by atoms with E-state index in [4.69, 9.17) is 5.11 Å². The number of aromatic nitrogens is 2. The molecule has 0 radical (unpaired) electrons. The summed E-state index contributed by atoms with van der Waals surface area (Å²) in [6.45, 7) is 0.0841. The van der Waals surface area contributed by atoms with Gasteiger partial charge in [-0.05, 0) is 36.6 Å². The molecule has 1 aromatic carbocycles. The molecule has 1 fully saturated rings. The van der Waals surface area contributed by atoms with Gasteiger partial charge in [0.2, 0.25) is 5.91 Å². The number of rotatable bonds is 5. The SMILES string of the molecule is O=C(O)c1ccn(-c2cccc(CNC(=O)C3CCCCC3C(F)(F)F)c2)n1. The Labute approximate surface area is 159 Å². The number of amides is 1. The van der Waals surface area contributed by atoms with Crippen LogP contribution in [0.3, 0.4) is 0 Å². The molecule has 3 rings (SSSR count). The second kappa shape index (κ2) is 8.04. The zero-order valence-corrected chi connectivity index (χ0v) is 14.9. The Morgan fingerprint density at radius 3 is 2.64 bits per heavy atom. The predicted molar refractivity (Wildman–Crippen MR) is 93.9 cm³/mol. The number of hydrogen-bond donors (Lipinski definition) is 2. The summed E-state index contributed by atoms with van der Waals surface area (Å²) in [4.78, 5) is 23.3. The van der Waals surface area contributed by atoms with E-state index in [2.05, 4.69) is 10.4 Å². The number of carbonyl (C=O) groups excluding carboxylic acids is 1. The molecule has 6 nitrogen and oxygen atoms in total. The zero-order chi connectivity index (χ0) is 20.3. The van der Waals surface area contributed by atoms with Crippen molar-refractivity contribution in [3.05, 3.63) is 47.8 Å². The van der Waals surface area contributed by atoms with Gasteiger partial charge in [0.15, 0.2) is 5.69 Å². The minimum Gasteiger partial charge on any atom is -0.476 e. The zero-order valence-electron chi connectivity index (χ0n) is 14.9. The fraction of sp³-hybridized carbons (Fsp3) is 0.421. The molecule has 2 N–H and O–H groups in total. The quantitative estimate of drug-likeness (QED) is 0.811. The molecule has 0 aliphatic heterocycles. The lowest BCUT2D eigenvalue weighted by molar-refractivity contribution is -0.198. The van der Waals surface area contributed by atoms with Crippen molar-refractivity contribution in [3.8, 4) is 5.69 Å². The standard InChI is InChI=1S/C19H20F3N3O3/c20-19(21,22)15-7-2-1-6-14(15)17(26)23-11-12-4-3-5-13(10-12)25-9-8-16(24-25)18(27)28/h3-5,8-10,14-15H,1-2,6-7,11H2,(H,23,26)(H,27,28). The molecule has 0 bridgehead atoms. The van der Waals surface area contributed by atoms with E-state index in [0.29, 0.717) is 24.1 Å². The molecule has 0 spiro atoms. The topological polar surface area (TPSA) is 84.2 Å². The first-order chi connectivity index (χ1) is 13.3. The van der Waals surface area contributed by atoms with E-state index in [1.54, 1.807) is 24.3 Å². The van der Waals surface area contributed by atoms with E-state index in [9.17, 15) is 22.8 Å². The van der Waals surface area contributed by atoms with Crippen molar-refractivity contribution in [1.82, 2.24) is 15.1 Å². The largest absolute Gasteiger partial charge is 0.476 e. The predicted octanol–water partition coefficient (Wildman–Crippen LogP) is 3.56. The number of nitrogens with one attached hydrogen (secondary N) is 1. The van der Waals surface area contributed by atoms with Gasteiger partial charge in [0, 0.05) is 18.7 Å². The fourth-order valence-electron chi connectivity index (χ4n) is 3.55. The molecule has 2 aromatic rings. The number of carboxylic acid groups (broad SMARTS) is 1. The fourth-order valence-corrected chi connectivity index (χ4v) is 3.55. The lowest BCUT2D eigenvalue weighted by atomic mass is 9.78. The Bertz CT molecular complexity index is 863. The Balaban J connectivity index is 1.67. The van der Waals surface area contributed by atoms with E-state index >= 15 is 0 Å². The Morgan fingerprint density at radius 2 is 1.96 bits per heavy atom. The van der Waals surface area contributed by atoms with Crippen molar-refractivity contribution in [2.45, 2.75) is 38.4 Å². The van der Waals surface area contributed by atoms with E-state index in [0.717, 1.165) is 0 Å². The number of hydrogen-bond acceptors (Lipinski definition) is 3. The van der Waals surface area contributed by atoms with Crippen LogP contribution in [0.2, 0.25) is 0 Å². The maximum atomic E-state index is 13.2. The van der Waals surface area contributed by atoms with Crippen LogP contribution in [0, 0.1) is 11.8 Å². The molecule has 1 amide bonds. The third kappa shape index (κ3) is 4.52. The van der Waals surface area contributed by atoms with Gasteiger partial charge in [-0.2, -0.15) is 18.3 Å². The molecular formula is C19H20F3N3O3. The van der Waals surface area contributed by atoms with E-state index in [-0.39, 0.29) is 25.1 Å². The highest BCUT2D eigenvalue weighted by molar-refractivity contribution is 5.85. The second-order valence-electron chi connectivity index (χ2n) is 6.88. The van der Waals surface area contributed by atoms with Crippen LogP contribution in [0.4, 0.5) is 13.2 Å². The number of carboxylic acids is 1. The highest BCUT2D eigenvalue weighted by Gasteiger charge is 2.47. The number of alkyl halides is 3. The van der Waals surface area contributed by atoms with Crippen molar-refractivity contribution in [1.29, 1.82) is 0 Å². The van der Waals surface area contributed by atoms with Crippen LogP contribution in [0.5, 0.6) is 0 Å². The smallest absolute Gasteiger partial charge is 0.392 e. The van der Waals surface area contributed by atoms with Crippen LogP contribution in [0.1, 0.15) is 41.7 Å². The van der Waals surface area contributed by atoms with Gasteiger partial charge in [-0.1, -0.05) is 25.0 Å². The van der Waals surface area contributed by atoms with Gasteiger partial charge in [-0.15, -0.1) is 0 Å². The van der Waals surface area contributed by atoms with E-state index in [1.165, 1.54) is 16.9 Å². The Hall–Kier alpha value is -2.84. The van der Waals surface area contributed by atoms with E-state index in [1.807, 2.05) is 0 Å². The van der Waals surface area contributed by atoms with Gasteiger partial charge >= 0.3 is 12.1 Å². The van der Waals surface area contributed by atoms with Crippen molar-refractivity contribution in [2.75, 3.05) is 0 Å². The summed E-state index contributed by atoms with van der Waals surface area (Å²) in [7, 11) is 0. The molecule has 9 heteroatoms. The lowest BCUT2D eigenvalue weighted by Gasteiger charge is -2.32. The maximum absolute atomic E-state index is 13.2. The molecular weight excluding hydrogens is 375 g/mol. The molecule has 2 atom stereocenters. The monoisotopic (exact) mass is 395 g/mol. The van der Waals surface area contributed by atoms with Crippen molar-refractivity contribution >= 4 is 11.9 Å². The summed E-state index contributed by atoms with van der Waals surface area (Å²) < 4.78 is 40.9. The molecule has 150 valence electrons. The molecule has 1 aromatic heterocycles. The van der Waals surface area contributed by atoms with E-state index < -0.39 is 29.9 Å². The van der Waals surface area contributed by atoms with Crippen molar-refractivity contribution < 1.29 is 27.9 Å². The minimum absolute atomic E-state index is 0.0116. The molecule has 1 aliphatic rings. The molecule has 1 saturated carbocycles. The maximum Gasteiger partial charge on any atom is 0.392 e. The van der Waals surface area contributed by atoms with Gasteiger partial charge in [0.25, 0.3) is 0 Å². The van der Waals surface area contributed by atoms with Crippen LogP contribution in [-0.2, 0) is 11.3 Å². The lowest BCUT2D eigenvalue weighted by Crippen LogP contribution is -2.42. The summed E-state index contributed by atoms with van der Waals surface area (Å²) in [5.74, 6) is -4.37. The summed E-state index contributed by atoms with van der Waals surface area (Å²) in [5, 5.41) is 15.5. The molecule has 28 heavy (non-hydrogen) atoms. The van der Waals surface area contributed by atoms with Gasteiger partial charge < -0.3 is 10.4 Å². The second-order valence-corrected chi connectivity index (χ2v) is 6.88. The average Bonchev–Trinajstić information content (AvgIpc) is 3.16. The number of aromatic carboxylic acids is 1. The van der Waals surface area contributed by atoms with Crippen LogP contribution >= 0.6 is 0 Å². The summed E-state index contributed by atoms with van der Waals surface area (Å²) in [5.41, 5.74) is 1.16. The van der Waals surface area contributed by atoms with Gasteiger partial charge in [0.05, 0.1) is 11.6 Å². The summed E-state index contributed by atoms with van der Waals surface area (Å²) >= 11 is 0. The molecule has 2 unspecified atom stereocenters. The summed E-state index contributed by atoms with van der Waals surface area (Å²) in [6, 6.07) is 8.20. The highest BCUT2D eigenvalue weighted by Crippen LogP contribution is 2.41. The van der Waals surface area contributed by atoms with Crippen LogP contribution in [-0.4, -0.2) is 32.9 Å². The summed E-state index contributed by atoms with van der Waals surface area (Å²) in [6.07, 6.45) is -1.55. The number of halogens is 3. The normalized spacial score (nSPS) is 20.0. The van der Waals surface area contributed by atoms with Crippen LogP contribution in [0.15, 0.2) is 36.5 Å². The number of carbonyl (C=O) groups is 2. The Morgan fingerprint density at radius 1 is 1.21 bits per heavy atom. The first-order valence-electron chi connectivity index (χ1n) is 8.98. The minimum atomic E-state index is -4.37. The van der Waals surface area contributed by atoms with Crippen molar-refractivity contribution in [3.63, 3.8) is 0 Å². The van der Waals surface area contributed by atoms with Gasteiger partial charge in [-0.25, -0.2) is 9.48 Å². The molecule has 1 aliphatic carbocycles. The van der Waals surface area contributed by atoms with Gasteiger partial charge in [0.1, 0.15) is 0 Å². The molecule has 0 saturated heterocycles. The molecule has 1 heterocycles. The van der Waals surface area contributed by atoms with Crippen molar-refractivity contribution in [2.24, 2.45) is 11.8 Å². The highest BCUT2D eigenvalue weighted by atomic mass is 19.4. The average molecular weight is 395 g/mol. The Kier molecular flexibility index (Phi) is 5.71. The number of nitrogens with zero attached hydrogens (tertiary/aromatic N) is 2. The first kappa shape index (κ1) is 19.9. The van der Waals surface area contributed by atoms with Gasteiger partial charge in [-0.3, -0.25) is 4.79 Å². The van der Waals surface area contributed by atoms with Crippen LogP contribution in [0.25, 0.3) is 5.69 Å². The third-order valence-electron chi connectivity index (χ3n) is 4.97.